The van der Waals surface area contributed by atoms with Crippen LogP contribution < -0.4 is 0 Å². The summed E-state index contributed by atoms with van der Waals surface area (Å²) >= 11 is 0. The number of aliphatic carboxylic acids is 1. The Balaban J connectivity index is 1.34. The molecule has 0 radical (unpaired) electrons. The number of carbonyl (C=O) groups excluding carboxylic acids is 1. The lowest BCUT2D eigenvalue weighted by molar-refractivity contribution is -0.175. The maximum atomic E-state index is 15.4. The molecule has 4 fully saturated rings. The molecule has 8 heteroatoms. The second kappa shape index (κ2) is 8.48. The van der Waals surface area contributed by atoms with Crippen molar-refractivity contribution in [3.8, 4) is 11.3 Å². The molecular formula is C26H30FNO6. The Morgan fingerprint density at radius 3 is 2.59 bits per heavy atom. The monoisotopic (exact) mass is 471 g/mol. The van der Waals surface area contributed by atoms with Crippen molar-refractivity contribution in [2.75, 3.05) is 6.61 Å². The summed E-state index contributed by atoms with van der Waals surface area (Å²) in [6.45, 7) is 4.02. The van der Waals surface area contributed by atoms with Gasteiger partial charge in [0.25, 0.3) is 0 Å². The number of aromatic nitrogens is 1. The van der Waals surface area contributed by atoms with Gasteiger partial charge in [0.2, 0.25) is 0 Å². The summed E-state index contributed by atoms with van der Waals surface area (Å²) in [6, 6.07) is 5.07. The molecule has 2 bridgehead atoms. The minimum atomic E-state index is -0.853. The van der Waals surface area contributed by atoms with Gasteiger partial charge in [0, 0.05) is 11.0 Å². The Labute approximate surface area is 197 Å². The smallest absolute Gasteiger partial charge is 0.310 e. The lowest BCUT2D eigenvalue weighted by Crippen LogP contribution is -2.54. The van der Waals surface area contributed by atoms with Crippen molar-refractivity contribution in [2.45, 2.75) is 82.3 Å². The summed E-state index contributed by atoms with van der Waals surface area (Å²) in [7, 11) is 0. The summed E-state index contributed by atoms with van der Waals surface area (Å²) in [5.41, 5.74) is 1.26. The highest BCUT2D eigenvalue weighted by molar-refractivity contribution is 5.77. The van der Waals surface area contributed by atoms with E-state index >= 15 is 4.39 Å². The number of benzene rings is 1. The number of ether oxygens (including phenoxy) is 2. The third-order valence-corrected chi connectivity index (χ3v) is 7.98. The molecule has 3 heterocycles. The molecule has 0 unspecified atom stereocenters. The maximum absolute atomic E-state index is 15.4. The molecule has 1 aromatic heterocycles. The first kappa shape index (κ1) is 23.0. The van der Waals surface area contributed by atoms with E-state index in [1.807, 2.05) is 13.0 Å². The van der Waals surface area contributed by atoms with Gasteiger partial charge >= 0.3 is 11.9 Å². The number of carboxylic acids is 1. The van der Waals surface area contributed by atoms with Gasteiger partial charge in [-0.1, -0.05) is 11.2 Å². The van der Waals surface area contributed by atoms with Crippen molar-refractivity contribution in [1.82, 2.24) is 5.16 Å². The first-order chi connectivity index (χ1) is 16.2. The zero-order valence-corrected chi connectivity index (χ0v) is 19.6. The molecule has 4 aliphatic rings. The van der Waals surface area contributed by atoms with E-state index in [-0.39, 0.29) is 41.7 Å². The van der Waals surface area contributed by atoms with Gasteiger partial charge in [-0.2, -0.15) is 0 Å². The lowest BCUT2D eigenvalue weighted by atomic mass is 9.62. The largest absolute Gasteiger partial charge is 0.481 e. The van der Waals surface area contributed by atoms with Crippen LogP contribution in [0.4, 0.5) is 4.39 Å². The van der Waals surface area contributed by atoms with Crippen LogP contribution in [0.15, 0.2) is 22.7 Å². The van der Waals surface area contributed by atoms with Crippen LogP contribution >= 0.6 is 0 Å². The van der Waals surface area contributed by atoms with Crippen molar-refractivity contribution in [2.24, 2.45) is 5.92 Å². The summed E-state index contributed by atoms with van der Waals surface area (Å²) < 4.78 is 32.4. The molecule has 1 aromatic carbocycles. The highest BCUT2D eigenvalue weighted by Gasteiger charge is 2.51. The highest BCUT2D eigenvalue weighted by atomic mass is 19.1. The van der Waals surface area contributed by atoms with Crippen molar-refractivity contribution < 1.29 is 33.1 Å². The maximum Gasteiger partial charge on any atom is 0.310 e. The number of hydrogen-bond donors (Lipinski definition) is 1. The summed E-state index contributed by atoms with van der Waals surface area (Å²) in [6.07, 6.45) is 4.85. The van der Waals surface area contributed by atoms with Crippen LogP contribution in [-0.2, 0) is 30.9 Å². The van der Waals surface area contributed by atoms with Gasteiger partial charge < -0.3 is 19.1 Å². The zero-order valence-electron chi connectivity index (χ0n) is 19.6. The van der Waals surface area contributed by atoms with E-state index in [4.69, 9.17) is 14.0 Å². The van der Waals surface area contributed by atoms with Gasteiger partial charge in [-0.3, -0.25) is 9.59 Å². The van der Waals surface area contributed by atoms with Crippen LogP contribution in [0, 0.1) is 18.7 Å². The third-order valence-electron chi connectivity index (χ3n) is 7.98. The minimum Gasteiger partial charge on any atom is -0.481 e. The van der Waals surface area contributed by atoms with E-state index in [9.17, 15) is 14.7 Å². The zero-order chi connectivity index (χ0) is 24.1. The first-order valence-corrected chi connectivity index (χ1v) is 12.0. The Bertz CT molecular complexity index is 1100. The van der Waals surface area contributed by atoms with Gasteiger partial charge in [-0.15, -0.1) is 0 Å². The summed E-state index contributed by atoms with van der Waals surface area (Å²) in [5.74, 6) is -0.978. The van der Waals surface area contributed by atoms with Crippen LogP contribution in [0.3, 0.4) is 0 Å². The normalized spacial score (nSPS) is 26.9. The number of aryl methyl sites for hydroxylation is 1. The fourth-order valence-corrected chi connectivity index (χ4v) is 5.53. The average Bonchev–Trinajstić information content (AvgIpc) is 3.60. The molecule has 7 nitrogen and oxygen atoms in total. The van der Waals surface area contributed by atoms with Gasteiger partial charge in [-0.05, 0) is 76.0 Å². The number of rotatable bonds is 8. The predicted octanol–water partition coefficient (Wildman–Crippen LogP) is 4.73. The Morgan fingerprint density at radius 1 is 1.26 bits per heavy atom. The van der Waals surface area contributed by atoms with Gasteiger partial charge in [0.05, 0.1) is 36.3 Å². The second-order valence-electron chi connectivity index (χ2n) is 10.3. The van der Waals surface area contributed by atoms with Crippen molar-refractivity contribution in [3.63, 3.8) is 0 Å². The topological polar surface area (TPSA) is 98.9 Å². The number of fused-ring (bicyclic) bond motifs is 3. The molecule has 182 valence electrons. The number of carboxylic acid groups (broad SMARTS) is 1. The van der Waals surface area contributed by atoms with E-state index < -0.39 is 17.4 Å². The molecule has 2 aliphatic heterocycles. The number of nitrogens with zero attached hydrogens (tertiary/aromatic N) is 1. The van der Waals surface area contributed by atoms with Gasteiger partial charge in [0.1, 0.15) is 11.9 Å². The average molecular weight is 472 g/mol. The quantitative estimate of drug-likeness (QED) is 0.556. The molecule has 0 spiro atoms. The van der Waals surface area contributed by atoms with E-state index in [1.165, 1.54) is 6.07 Å². The Kier molecular flexibility index (Phi) is 5.74. The van der Waals surface area contributed by atoms with Crippen molar-refractivity contribution in [1.29, 1.82) is 0 Å². The molecule has 34 heavy (non-hydrogen) atoms. The molecule has 1 N–H and O–H groups in total. The Morgan fingerprint density at radius 2 is 2.00 bits per heavy atom. The summed E-state index contributed by atoms with van der Waals surface area (Å²) in [4.78, 5) is 23.7. The van der Waals surface area contributed by atoms with Crippen LogP contribution in [0.25, 0.3) is 11.3 Å². The SMILES string of the molecule is Cc1noc(-c2ccc(C34CCC(CC(=O)O)(CC3)OC4)cc2F)c1CC(=O)O[C@H](C)C1CC1. The van der Waals surface area contributed by atoms with Crippen LogP contribution in [0.2, 0.25) is 0 Å². The number of carbonyl (C=O) groups is 2. The van der Waals surface area contributed by atoms with Gasteiger partial charge in [0.15, 0.2) is 5.76 Å². The minimum absolute atomic E-state index is 0.00582. The molecule has 1 atom stereocenters. The van der Waals surface area contributed by atoms with Gasteiger partial charge in [-0.25, -0.2) is 4.39 Å². The van der Waals surface area contributed by atoms with Crippen LogP contribution in [-0.4, -0.2) is 40.5 Å². The molecule has 2 saturated heterocycles. The van der Waals surface area contributed by atoms with Crippen molar-refractivity contribution >= 4 is 11.9 Å². The summed E-state index contributed by atoms with van der Waals surface area (Å²) in [5, 5.41) is 13.2. The molecule has 2 aliphatic carbocycles. The predicted molar refractivity (Wildman–Crippen MR) is 120 cm³/mol. The molecule has 6 rings (SSSR count). The number of halogens is 1. The second-order valence-corrected chi connectivity index (χ2v) is 10.3. The molecule has 2 saturated carbocycles. The number of esters is 1. The number of hydrogen-bond acceptors (Lipinski definition) is 6. The fourth-order valence-electron chi connectivity index (χ4n) is 5.53. The molecule has 2 aromatic rings. The lowest BCUT2D eigenvalue weighted by Gasteiger charge is -2.53. The molecular weight excluding hydrogens is 441 g/mol. The first-order valence-electron chi connectivity index (χ1n) is 12.0. The van der Waals surface area contributed by atoms with Crippen molar-refractivity contribution in [3.05, 3.63) is 40.8 Å². The Hall–Kier alpha value is -2.74. The van der Waals surface area contributed by atoms with E-state index in [0.29, 0.717) is 36.6 Å². The molecule has 0 amide bonds. The van der Waals surface area contributed by atoms with Crippen LogP contribution in [0.1, 0.15) is 68.7 Å². The standard InChI is InChI=1S/C26H30FNO6/c1-15-20(12-23(31)33-16(2)17-3-4-17)24(34-28-15)19-6-5-18(11-21(19)27)25-7-9-26(10-8-25,32-14-25)13-22(29)30/h5-6,11,16-17H,3-4,7-10,12-14H2,1-2H3,(H,29,30)/t16-,25?,26?/m1/s1. The highest BCUT2D eigenvalue weighted by Crippen LogP contribution is 2.52. The third kappa shape index (κ3) is 4.24. The van der Waals surface area contributed by atoms with E-state index in [2.05, 4.69) is 5.16 Å². The van der Waals surface area contributed by atoms with E-state index in [1.54, 1.807) is 13.0 Å². The fraction of sp³-hybridized carbons (Fsp3) is 0.577. The van der Waals surface area contributed by atoms with Crippen LogP contribution in [0.5, 0.6) is 0 Å². The van der Waals surface area contributed by atoms with E-state index in [0.717, 1.165) is 31.2 Å².